The lowest BCUT2D eigenvalue weighted by molar-refractivity contribution is 0.0598. The summed E-state index contributed by atoms with van der Waals surface area (Å²) in [6.07, 6.45) is 1.04. The largest absolute Gasteiger partial charge is 0.478 e. The lowest BCUT2D eigenvalue weighted by atomic mass is 10.1. The zero-order valence-electron chi connectivity index (χ0n) is 11.5. The van der Waals surface area contributed by atoms with Crippen LogP contribution in [-0.4, -0.2) is 46.5 Å². The van der Waals surface area contributed by atoms with E-state index in [1.165, 1.54) is 11.7 Å². The fraction of sp³-hybridized carbons (Fsp3) is 0.583. The summed E-state index contributed by atoms with van der Waals surface area (Å²) in [5, 5.41) is 15.4. The molecule has 1 heterocycles. The van der Waals surface area contributed by atoms with Crippen molar-refractivity contribution >= 4 is 11.9 Å². The number of rotatable bonds is 6. The minimum absolute atomic E-state index is 0.0334. The molecule has 0 bridgehead atoms. The van der Waals surface area contributed by atoms with Crippen LogP contribution in [0.15, 0.2) is 6.20 Å². The summed E-state index contributed by atoms with van der Waals surface area (Å²) in [5.41, 5.74) is -0.0791. The first-order valence-corrected chi connectivity index (χ1v) is 5.94. The number of methoxy groups -OCH3 is 1. The maximum absolute atomic E-state index is 12.0. The molecule has 0 aromatic carbocycles. The molecule has 1 unspecified atom stereocenters. The van der Waals surface area contributed by atoms with Crippen LogP contribution in [0.2, 0.25) is 0 Å². The number of ether oxygens (including phenoxy) is 1. The number of nitrogens with one attached hydrogen (secondary N) is 1. The first kappa shape index (κ1) is 15.2. The number of carbonyl (C=O) groups excluding carboxylic acids is 1. The van der Waals surface area contributed by atoms with Crippen LogP contribution in [0.4, 0.5) is 0 Å². The van der Waals surface area contributed by atoms with Gasteiger partial charge in [0.25, 0.3) is 5.91 Å². The number of carboxylic acid groups (broad SMARTS) is 1. The van der Waals surface area contributed by atoms with Gasteiger partial charge >= 0.3 is 5.97 Å². The molecule has 1 aromatic heterocycles. The van der Waals surface area contributed by atoms with Crippen molar-refractivity contribution < 1.29 is 19.4 Å². The van der Waals surface area contributed by atoms with E-state index in [2.05, 4.69) is 10.4 Å². The summed E-state index contributed by atoms with van der Waals surface area (Å²) >= 11 is 0. The summed E-state index contributed by atoms with van der Waals surface area (Å²) in [7, 11) is 3.10. The molecule has 0 saturated heterocycles. The Hall–Kier alpha value is -1.89. The van der Waals surface area contributed by atoms with Gasteiger partial charge in [0, 0.05) is 20.7 Å². The first-order valence-electron chi connectivity index (χ1n) is 5.94. The van der Waals surface area contributed by atoms with E-state index < -0.39 is 11.9 Å². The zero-order valence-corrected chi connectivity index (χ0v) is 11.5. The lowest BCUT2D eigenvalue weighted by Gasteiger charge is -2.19. The Labute approximate surface area is 111 Å². The SMILES string of the molecule is COC(CNC(=O)c1c(C(=O)O)cnn1C)C(C)C. The minimum Gasteiger partial charge on any atom is -0.478 e. The lowest BCUT2D eigenvalue weighted by Crippen LogP contribution is -2.37. The van der Waals surface area contributed by atoms with E-state index in [-0.39, 0.29) is 23.3 Å². The topological polar surface area (TPSA) is 93.4 Å². The van der Waals surface area contributed by atoms with Crippen LogP contribution >= 0.6 is 0 Å². The molecule has 0 aliphatic heterocycles. The molecule has 7 heteroatoms. The second kappa shape index (κ2) is 6.33. The van der Waals surface area contributed by atoms with Crippen LogP contribution < -0.4 is 5.32 Å². The van der Waals surface area contributed by atoms with E-state index in [1.54, 1.807) is 7.11 Å². The van der Waals surface area contributed by atoms with E-state index in [4.69, 9.17) is 9.84 Å². The third-order valence-electron chi connectivity index (χ3n) is 2.89. The Morgan fingerprint density at radius 1 is 1.53 bits per heavy atom. The van der Waals surface area contributed by atoms with Gasteiger partial charge in [-0.1, -0.05) is 13.8 Å². The molecule has 1 amide bonds. The van der Waals surface area contributed by atoms with Gasteiger partial charge in [-0.2, -0.15) is 5.10 Å². The van der Waals surface area contributed by atoms with Crippen molar-refractivity contribution in [3.8, 4) is 0 Å². The molecular weight excluding hydrogens is 250 g/mol. The number of aromatic nitrogens is 2. The van der Waals surface area contributed by atoms with Crippen molar-refractivity contribution in [2.45, 2.75) is 20.0 Å². The van der Waals surface area contributed by atoms with Crippen molar-refractivity contribution in [3.63, 3.8) is 0 Å². The Morgan fingerprint density at radius 3 is 2.63 bits per heavy atom. The van der Waals surface area contributed by atoms with Crippen molar-refractivity contribution in [1.82, 2.24) is 15.1 Å². The van der Waals surface area contributed by atoms with Crippen molar-refractivity contribution in [2.24, 2.45) is 13.0 Å². The fourth-order valence-electron chi connectivity index (χ4n) is 1.73. The molecule has 1 rings (SSSR count). The predicted octanol–water partition coefficient (Wildman–Crippen LogP) is 0.519. The summed E-state index contributed by atoms with van der Waals surface area (Å²) in [6.45, 7) is 4.28. The van der Waals surface area contributed by atoms with E-state index in [1.807, 2.05) is 13.8 Å². The van der Waals surface area contributed by atoms with E-state index >= 15 is 0 Å². The van der Waals surface area contributed by atoms with Crippen molar-refractivity contribution in [2.75, 3.05) is 13.7 Å². The third-order valence-corrected chi connectivity index (χ3v) is 2.89. The Morgan fingerprint density at radius 2 is 2.16 bits per heavy atom. The molecule has 0 radical (unpaired) electrons. The average molecular weight is 269 g/mol. The van der Waals surface area contributed by atoms with E-state index in [0.717, 1.165) is 6.20 Å². The van der Waals surface area contributed by atoms with E-state index in [9.17, 15) is 9.59 Å². The van der Waals surface area contributed by atoms with Gasteiger partial charge < -0.3 is 15.2 Å². The number of amides is 1. The molecule has 19 heavy (non-hydrogen) atoms. The molecule has 0 saturated carbocycles. The van der Waals surface area contributed by atoms with Crippen LogP contribution in [0.3, 0.4) is 0 Å². The van der Waals surface area contributed by atoms with Crippen LogP contribution in [0.5, 0.6) is 0 Å². The number of aryl methyl sites for hydroxylation is 1. The third kappa shape index (κ3) is 3.54. The van der Waals surface area contributed by atoms with Gasteiger partial charge in [-0.25, -0.2) is 4.79 Å². The average Bonchev–Trinajstić information content (AvgIpc) is 2.71. The normalized spacial score (nSPS) is 12.5. The van der Waals surface area contributed by atoms with Gasteiger partial charge in [0.2, 0.25) is 0 Å². The van der Waals surface area contributed by atoms with Crippen molar-refractivity contribution in [3.05, 3.63) is 17.5 Å². The highest BCUT2D eigenvalue weighted by Crippen LogP contribution is 2.08. The highest BCUT2D eigenvalue weighted by atomic mass is 16.5. The summed E-state index contributed by atoms with van der Waals surface area (Å²) in [5.74, 6) is -1.40. The van der Waals surface area contributed by atoms with Crippen LogP contribution in [0.25, 0.3) is 0 Å². The Balaban J connectivity index is 2.79. The second-order valence-electron chi connectivity index (χ2n) is 4.56. The standard InChI is InChI=1S/C12H19N3O4/c1-7(2)9(19-4)6-13-11(16)10-8(12(17)18)5-14-15(10)3/h5,7,9H,6H2,1-4H3,(H,13,16)(H,17,18). The van der Waals surface area contributed by atoms with Gasteiger partial charge in [-0.3, -0.25) is 9.48 Å². The molecule has 1 atom stereocenters. The smallest absolute Gasteiger partial charge is 0.339 e. The van der Waals surface area contributed by atoms with Crippen LogP contribution in [-0.2, 0) is 11.8 Å². The van der Waals surface area contributed by atoms with Gasteiger partial charge in [-0.15, -0.1) is 0 Å². The number of hydrogen-bond donors (Lipinski definition) is 2. The number of hydrogen-bond acceptors (Lipinski definition) is 4. The molecular formula is C12H19N3O4. The maximum Gasteiger partial charge on any atom is 0.339 e. The van der Waals surface area contributed by atoms with E-state index in [0.29, 0.717) is 6.54 Å². The zero-order chi connectivity index (χ0) is 14.6. The molecule has 2 N–H and O–H groups in total. The Kier molecular flexibility index (Phi) is 5.05. The summed E-state index contributed by atoms with van der Waals surface area (Å²) < 4.78 is 6.48. The molecule has 0 fully saturated rings. The molecule has 0 aliphatic rings. The minimum atomic E-state index is -1.18. The van der Waals surface area contributed by atoms with Gasteiger partial charge in [0.05, 0.1) is 12.3 Å². The van der Waals surface area contributed by atoms with Gasteiger partial charge in [0.15, 0.2) is 0 Å². The second-order valence-corrected chi connectivity index (χ2v) is 4.56. The maximum atomic E-state index is 12.0. The van der Waals surface area contributed by atoms with Gasteiger partial charge in [-0.05, 0) is 5.92 Å². The molecule has 106 valence electrons. The quantitative estimate of drug-likeness (QED) is 0.785. The Bertz CT molecular complexity index is 468. The number of carbonyl (C=O) groups is 2. The highest BCUT2D eigenvalue weighted by Gasteiger charge is 2.22. The van der Waals surface area contributed by atoms with Crippen LogP contribution in [0.1, 0.15) is 34.7 Å². The number of carboxylic acids is 1. The molecule has 0 aliphatic carbocycles. The first-order chi connectivity index (χ1) is 8.88. The fourth-order valence-corrected chi connectivity index (χ4v) is 1.73. The van der Waals surface area contributed by atoms with Crippen LogP contribution in [0, 0.1) is 5.92 Å². The van der Waals surface area contributed by atoms with Crippen molar-refractivity contribution in [1.29, 1.82) is 0 Å². The number of aromatic carboxylic acids is 1. The highest BCUT2D eigenvalue weighted by molar-refractivity contribution is 6.03. The molecule has 1 aromatic rings. The predicted molar refractivity (Wildman–Crippen MR) is 68.1 cm³/mol. The summed E-state index contributed by atoms with van der Waals surface area (Å²) in [4.78, 5) is 23.0. The molecule has 7 nitrogen and oxygen atoms in total. The summed E-state index contributed by atoms with van der Waals surface area (Å²) in [6, 6.07) is 0. The molecule has 0 spiro atoms. The van der Waals surface area contributed by atoms with Gasteiger partial charge in [0.1, 0.15) is 11.3 Å². The monoisotopic (exact) mass is 269 g/mol. The number of nitrogens with zero attached hydrogens (tertiary/aromatic N) is 2.